The first-order chi connectivity index (χ1) is 12.3. The summed E-state index contributed by atoms with van der Waals surface area (Å²) in [6, 6.07) is 3.66. The van der Waals surface area contributed by atoms with Gasteiger partial charge in [0.1, 0.15) is 0 Å². The van der Waals surface area contributed by atoms with Gasteiger partial charge in [0.15, 0.2) is 5.82 Å². The van der Waals surface area contributed by atoms with Crippen LogP contribution < -0.4 is 9.80 Å². The number of amides is 1. The van der Waals surface area contributed by atoms with Gasteiger partial charge < -0.3 is 24.0 Å². The molecule has 0 aliphatic carbocycles. The highest BCUT2D eigenvalue weighted by atomic mass is 16.5. The lowest BCUT2D eigenvalue weighted by Gasteiger charge is -2.36. The van der Waals surface area contributed by atoms with Gasteiger partial charge in [-0.1, -0.05) is 5.16 Å². The molecule has 2 fully saturated rings. The fourth-order valence-corrected chi connectivity index (χ4v) is 3.12. The molecule has 25 heavy (non-hydrogen) atoms. The Morgan fingerprint density at radius 2 is 1.84 bits per heavy atom. The summed E-state index contributed by atoms with van der Waals surface area (Å²) in [5, 5.41) is 12.0. The molecule has 2 aliphatic heterocycles. The number of piperazine rings is 1. The largest absolute Gasteiger partial charge is 0.378 e. The molecule has 0 atom stereocenters. The summed E-state index contributed by atoms with van der Waals surface area (Å²) in [5.41, 5.74) is 1.03. The molecule has 4 rings (SSSR count). The molecule has 0 unspecified atom stereocenters. The highest BCUT2D eigenvalue weighted by molar-refractivity contribution is 5.91. The minimum Gasteiger partial charge on any atom is -0.378 e. The summed E-state index contributed by atoms with van der Waals surface area (Å²) in [6.45, 7) is 5.85. The van der Waals surface area contributed by atoms with Crippen LogP contribution in [0.15, 0.2) is 29.0 Å². The van der Waals surface area contributed by atoms with Crippen molar-refractivity contribution in [1.82, 2.24) is 20.3 Å². The van der Waals surface area contributed by atoms with E-state index in [1.165, 1.54) is 6.20 Å². The highest BCUT2D eigenvalue weighted by Crippen LogP contribution is 2.21. The quantitative estimate of drug-likeness (QED) is 0.784. The van der Waals surface area contributed by atoms with E-state index in [1.807, 2.05) is 0 Å². The Hall–Kier alpha value is -2.68. The smallest absolute Gasteiger partial charge is 0.292 e. The van der Waals surface area contributed by atoms with Crippen molar-refractivity contribution < 1.29 is 14.1 Å². The molecule has 2 saturated heterocycles. The van der Waals surface area contributed by atoms with Crippen molar-refractivity contribution in [1.29, 1.82) is 0 Å². The Bertz CT molecular complexity index is 708. The zero-order chi connectivity index (χ0) is 17.1. The maximum atomic E-state index is 12.3. The monoisotopic (exact) mass is 344 g/mol. The van der Waals surface area contributed by atoms with Gasteiger partial charge in [0, 0.05) is 51.4 Å². The van der Waals surface area contributed by atoms with Crippen molar-refractivity contribution in [2.75, 3.05) is 62.3 Å². The van der Waals surface area contributed by atoms with Crippen molar-refractivity contribution >= 4 is 17.4 Å². The summed E-state index contributed by atoms with van der Waals surface area (Å²) in [7, 11) is 0. The fraction of sp³-hybridized carbons (Fsp3) is 0.500. The maximum Gasteiger partial charge on any atom is 0.292 e. The first-order valence-electron chi connectivity index (χ1n) is 8.41. The fourth-order valence-electron chi connectivity index (χ4n) is 3.12. The molecule has 9 heteroatoms. The Kier molecular flexibility index (Phi) is 4.47. The van der Waals surface area contributed by atoms with Crippen LogP contribution in [0, 0.1) is 0 Å². The van der Waals surface area contributed by atoms with Gasteiger partial charge in [-0.3, -0.25) is 4.79 Å². The predicted molar refractivity (Wildman–Crippen MR) is 89.7 cm³/mol. The maximum absolute atomic E-state index is 12.3. The lowest BCUT2D eigenvalue weighted by molar-refractivity contribution is 0.0705. The van der Waals surface area contributed by atoms with E-state index >= 15 is 0 Å². The van der Waals surface area contributed by atoms with Gasteiger partial charge in [0.25, 0.3) is 5.91 Å². The average Bonchev–Trinajstić information content (AvgIpc) is 3.23. The standard InChI is InChI=1S/C16H20N6O3/c23-16(14-1-2-18-25-14)22-5-3-20(4-6-22)13-11-15(19-17-12-13)21-7-9-24-10-8-21/h1-2,11-12H,3-10H2. The minimum absolute atomic E-state index is 0.112. The van der Waals surface area contributed by atoms with Crippen LogP contribution >= 0.6 is 0 Å². The molecular weight excluding hydrogens is 324 g/mol. The molecule has 1 amide bonds. The van der Waals surface area contributed by atoms with Crippen LogP contribution in [-0.4, -0.2) is 78.6 Å². The molecule has 0 radical (unpaired) electrons. The number of hydrogen-bond donors (Lipinski definition) is 0. The van der Waals surface area contributed by atoms with Crippen molar-refractivity contribution in [3.63, 3.8) is 0 Å². The average molecular weight is 344 g/mol. The summed E-state index contributed by atoms with van der Waals surface area (Å²) in [5.74, 6) is 1.05. The molecule has 2 aromatic rings. The van der Waals surface area contributed by atoms with Crippen LogP contribution in [0.4, 0.5) is 11.5 Å². The molecule has 132 valence electrons. The van der Waals surface area contributed by atoms with E-state index in [1.54, 1.807) is 17.2 Å². The second-order valence-electron chi connectivity index (χ2n) is 6.03. The van der Waals surface area contributed by atoms with Crippen LogP contribution in [-0.2, 0) is 4.74 Å². The highest BCUT2D eigenvalue weighted by Gasteiger charge is 2.25. The molecular formula is C16H20N6O3. The predicted octanol–water partition coefficient (Wildman–Crippen LogP) is 0.264. The number of rotatable bonds is 3. The summed E-state index contributed by atoms with van der Waals surface area (Å²) < 4.78 is 10.3. The van der Waals surface area contributed by atoms with Crippen LogP contribution in [0.25, 0.3) is 0 Å². The van der Waals surface area contributed by atoms with Gasteiger partial charge in [-0.05, 0) is 0 Å². The van der Waals surface area contributed by atoms with Gasteiger partial charge in [-0.15, -0.1) is 5.10 Å². The summed E-state index contributed by atoms with van der Waals surface area (Å²) in [4.78, 5) is 18.5. The molecule has 0 saturated carbocycles. The van der Waals surface area contributed by atoms with E-state index in [-0.39, 0.29) is 11.7 Å². The van der Waals surface area contributed by atoms with E-state index in [2.05, 4.69) is 31.2 Å². The Morgan fingerprint density at radius 3 is 2.56 bits per heavy atom. The lowest BCUT2D eigenvalue weighted by atomic mass is 10.2. The second kappa shape index (κ2) is 7.06. The van der Waals surface area contributed by atoms with Crippen molar-refractivity contribution in [2.24, 2.45) is 0 Å². The third-order valence-corrected chi connectivity index (χ3v) is 4.54. The van der Waals surface area contributed by atoms with E-state index in [0.717, 1.165) is 37.7 Å². The number of hydrogen-bond acceptors (Lipinski definition) is 8. The van der Waals surface area contributed by atoms with Gasteiger partial charge >= 0.3 is 0 Å². The van der Waals surface area contributed by atoms with Gasteiger partial charge in [-0.25, -0.2) is 0 Å². The summed E-state index contributed by atoms with van der Waals surface area (Å²) in [6.07, 6.45) is 3.26. The number of ether oxygens (including phenoxy) is 1. The normalized spacial score (nSPS) is 18.5. The third kappa shape index (κ3) is 3.41. The second-order valence-corrected chi connectivity index (χ2v) is 6.03. The lowest BCUT2D eigenvalue weighted by Crippen LogP contribution is -2.48. The summed E-state index contributed by atoms with van der Waals surface area (Å²) >= 11 is 0. The van der Waals surface area contributed by atoms with E-state index in [4.69, 9.17) is 9.26 Å². The van der Waals surface area contributed by atoms with Crippen LogP contribution in [0.5, 0.6) is 0 Å². The van der Waals surface area contributed by atoms with Gasteiger partial charge in [-0.2, -0.15) is 5.10 Å². The topological polar surface area (TPSA) is 87.8 Å². The SMILES string of the molecule is O=C(c1ccno1)N1CCN(c2cnnc(N3CCOCC3)c2)CC1. The van der Waals surface area contributed by atoms with Crippen molar-refractivity contribution in [2.45, 2.75) is 0 Å². The van der Waals surface area contributed by atoms with Crippen LogP contribution in [0.3, 0.4) is 0 Å². The molecule has 2 aromatic heterocycles. The number of aromatic nitrogens is 3. The number of morpholine rings is 1. The molecule has 0 aromatic carbocycles. The number of carbonyl (C=O) groups is 1. The van der Waals surface area contributed by atoms with E-state index in [9.17, 15) is 4.79 Å². The molecule has 9 nitrogen and oxygen atoms in total. The third-order valence-electron chi connectivity index (χ3n) is 4.54. The van der Waals surface area contributed by atoms with Crippen LogP contribution in [0.1, 0.15) is 10.6 Å². The van der Waals surface area contributed by atoms with Gasteiger partial charge in [0.05, 0.1) is 31.3 Å². The zero-order valence-electron chi connectivity index (χ0n) is 13.9. The molecule has 0 spiro atoms. The number of nitrogens with zero attached hydrogens (tertiary/aromatic N) is 6. The minimum atomic E-state index is -0.112. The van der Waals surface area contributed by atoms with Gasteiger partial charge in [0.2, 0.25) is 5.76 Å². The zero-order valence-corrected chi connectivity index (χ0v) is 13.9. The Labute approximate surface area is 145 Å². The van der Waals surface area contributed by atoms with E-state index < -0.39 is 0 Å². The van der Waals surface area contributed by atoms with Crippen molar-refractivity contribution in [3.8, 4) is 0 Å². The number of anilines is 2. The van der Waals surface area contributed by atoms with E-state index in [0.29, 0.717) is 26.3 Å². The first-order valence-corrected chi connectivity index (χ1v) is 8.41. The molecule has 0 bridgehead atoms. The van der Waals surface area contributed by atoms with Crippen molar-refractivity contribution in [3.05, 3.63) is 30.3 Å². The Morgan fingerprint density at radius 1 is 1.04 bits per heavy atom. The molecule has 4 heterocycles. The van der Waals surface area contributed by atoms with Crippen LogP contribution in [0.2, 0.25) is 0 Å². The number of carbonyl (C=O) groups excluding carboxylic acids is 1. The molecule has 2 aliphatic rings. The first kappa shape index (κ1) is 15.8. The molecule has 0 N–H and O–H groups in total. The Balaban J connectivity index is 1.40.